The summed E-state index contributed by atoms with van der Waals surface area (Å²) in [5, 5.41) is 13.5. The van der Waals surface area contributed by atoms with Gasteiger partial charge < -0.3 is 35.1 Å². The highest BCUT2D eigenvalue weighted by Crippen LogP contribution is 2.44. The van der Waals surface area contributed by atoms with E-state index in [0.29, 0.717) is 69.1 Å². The number of hydrogen-bond donors (Lipinski definition) is 3. The second-order valence-electron chi connectivity index (χ2n) is 15.4. The summed E-state index contributed by atoms with van der Waals surface area (Å²) in [6.45, 7) is 13.1. The van der Waals surface area contributed by atoms with Gasteiger partial charge in [-0.05, 0) is 83.1 Å². The van der Waals surface area contributed by atoms with Gasteiger partial charge in [0.2, 0.25) is 0 Å². The van der Waals surface area contributed by atoms with E-state index >= 15 is 0 Å². The van der Waals surface area contributed by atoms with Crippen LogP contribution in [0.15, 0.2) is 59.3 Å². The number of amides is 4. The Morgan fingerprint density at radius 3 is 2.02 bits per heavy atom. The summed E-state index contributed by atoms with van der Waals surface area (Å²) >= 11 is 2.80. The normalized spacial score (nSPS) is 12.3. The van der Waals surface area contributed by atoms with Crippen molar-refractivity contribution in [3.63, 3.8) is 0 Å². The van der Waals surface area contributed by atoms with E-state index in [0.717, 1.165) is 16.1 Å². The molecule has 1 aliphatic carbocycles. The molecule has 13 nitrogen and oxygen atoms in total. The van der Waals surface area contributed by atoms with Crippen molar-refractivity contribution in [1.82, 2.24) is 30.8 Å². The van der Waals surface area contributed by atoms with E-state index in [-0.39, 0.29) is 24.1 Å². The molecule has 0 bridgehead atoms. The smallest absolute Gasteiger partial charge is 0.410 e. The lowest BCUT2D eigenvalue weighted by Crippen LogP contribution is -2.39. The van der Waals surface area contributed by atoms with E-state index in [1.807, 2.05) is 50.4 Å². The van der Waals surface area contributed by atoms with Gasteiger partial charge in [0.25, 0.3) is 5.91 Å². The number of rotatable bonds is 16. The second-order valence-corrected chi connectivity index (χ2v) is 17.2. The van der Waals surface area contributed by atoms with Crippen LogP contribution in [-0.2, 0) is 20.6 Å². The third-order valence-electron chi connectivity index (χ3n) is 8.52. The summed E-state index contributed by atoms with van der Waals surface area (Å²) < 4.78 is 16.5. The number of alkyl carbamates (subject to hydrolysis) is 2. The maximum atomic E-state index is 12.9. The first-order chi connectivity index (χ1) is 26.7. The highest BCUT2D eigenvalue weighted by Gasteiger charge is 2.29. The SMILES string of the molecule is CC(C)(C)OC(=O)NCCCCN(CCCNC(=O)c1csc(-c2csc(CCNC(=O)OCC3c4ccccc4-c4ccccc43)n2)n1)C(=O)OC(C)(C)C. The molecule has 3 N–H and O–H groups in total. The third kappa shape index (κ3) is 12.5. The van der Waals surface area contributed by atoms with Crippen molar-refractivity contribution in [3.8, 4) is 21.8 Å². The van der Waals surface area contributed by atoms with Crippen molar-refractivity contribution in [2.45, 2.75) is 84.3 Å². The Hall–Kier alpha value is -5.02. The average molecular weight is 805 g/mol. The molecule has 0 spiro atoms. The van der Waals surface area contributed by atoms with Crippen molar-refractivity contribution < 1.29 is 33.4 Å². The molecule has 0 radical (unpaired) electrons. The molecule has 0 atom stereocenters. The van der Waals surface area contributed by atoms with Crippen LogP contribution < -0.4 is 16.0 Å². The summed E-state index contributed by atoms with van der Waals surface area (Å²) in [6, 6.07) is 16.4. The predicted molar refractivity (Wildman–Crippen MR) is 218 cm³/mol. The first kappa shape index (κ1) is 42.1. The molecular weight excluding hydrogens is 753 g/mol. The van der Waals surface area contributed by atoms with Gasteiger partial charge in [0.05, 0.1) is 5.01 Å². The average Bonchev–Trinajstić information content (AvgIpc) is 3.88. The maximum Gasteiger partial charge on any atom is 0.410 e. The quantitative estimate of drug-likeness (QED) is 0.0753. The number of unbranched alkanes of at least 4 members (excludes halogenated alkanes) is 1. The van der Waals surface area contributed by atoms with Gasteiger partial charge in [-0.15, -0.1) is 22.7 Å². The zero-order valence-electron chi connectivity index (χ0n) is 32.9. The van der Waals surface area contributed by atoms with Gasteiger partial charge in [-0.1, -0.05) is 48.5 Å². The number of thiazole rings is 2. The summed E-state index contributed by atoms with van der Waals surface area (Å²) in [5.74, 6) is -0.314. The van der Waals surface area contributed by atoms with Crippen LogP contribution in [0.5, 0.6) is 0 Å². The van der Waals surface area contributed by atoms with Crippen LogP contribution in [0.2, 0.25) is 0 Å². The topological polar surface area (TPSA) is 161 Å². The van der Waals surface area contributed by atoms with Crippen LogP contribution >= 0.6 is 22.7 Å². The molecule has 15 heteroatoms. The van der Waals surface area contributed by atoms with Gasteiger partial charge in [0, 0.05) is 55.8 Å². The Kier molecular flexibility index (Phi) is 14.5. The van der Waals surface area contributed by atoms with Crippen molar-refractivity contribution in [1.29, 1.82) is 0 Å². The summed E-state index contributed by atoms with van der Waals surface area (Å²) in [6.07, 6.45) is 0.967. The van der Waals surface area contributed by atoms with Gasteiger partial charge in [0.15, 0.2) is 0 Å². The zero-order chi connectivity index (χ0) is 40.3. The molecule has 0 aliphatic heterocycles. The minimum Gasteiger partial charge on any atom is -0.449 e. The molecule has 4 amide bonds. The molecule has 0 unspecified atom stereocenters. The Morgan fingerprint density at radius 2 is 1.34 bits per heavy atom. The highest BCUT2D eigenvalue weighted by atomic mass is 32.1. The fourth-order valence-corrected chi connectivity index (χ4v) is 7.67. The molecule has 2 aromatic carbocycles. The number of benzene rings is 2. The van der Waals surface area contributed by atoms with Crippen LogP contribution in [0.25, 0.3) is 21.8 Å². The van der Waals surface area contributed by atoms with Crippen LogP contribution in [0, 0.1) is 0 Å². The van der Waals surface area contributed by atoms with E-state index in [2.05, 4.69) is 50.2 Å². The summed E-state index contributed by atoms with van der Waals surface area (Å²) in [7, 11) is 0. The van der Waals surface area contributed by atoms with Crippen molar-refractivity contribution >= 4 is 46.9 Å². The first-order valence-electron chi connectivity index (χ1n) is 18.9. The zero-order valence-corrected chi connectivity index (χ0v) is 34.6. The molecule has 1 aliphatic rings. The number of carbonyl (C=O) groups excluding carboxylic acids is 4. The minimum absolute atomic E-state index is 0.00174. The van der Waals surface area contributed by atoms with Gasteiger partial charge >= 0.3 is 18.3 Å². The Morgan fingerprint density at radius 1 is 0.714 bits per heavy atom. The highest BCUT2D eigenvalue weighted by molar-refractivity contribution is 7.14. The molecule has 56 heavy (non-hydrogen) atoms. The van der Waals surface area contributed by atoms with E-state index in [4.69, 9.17) is 14.2 Å². The lowest BCUT2D eigenvalue weighted by atomic mass is 9.98. The van der Waals surface area contributed by atoms with Crippen molar-refractivity contribution in [2.75, 3.05) is 39.3 Å². The van der Waals surface area contributed by atoms with E-state index in [9.17, 15) is 19.2 Å². The molecule has 4 aromatic rings. The molecular formula is C41H52N6O7S2. The van der Waals surface area contributed by atoms with E-state index in [1.165, 1.54) is 33.8 Å². The molecule has 2 heterocycles. The number of ether oxygens (including phenoxy) is 3. The molecule has 2 aromatic heterocycles. The third-order valence-corrected chi connectivity index (χ3v) is 10.3. The number of nitrogens with one attached hydrogen (secondary N) is 3. The molecule has 300 valence electrons. The van der Waals surface area contributed by atoms with Gasteiger partial charge in [-0.2, -0.15) is 0 Å². The summed E-state index contributed by atoms with van der Waals surface area (Å²) in [5.41, 5.74) is 4.43. The first-order valence-corrected chi connectivity index (χ1v) is 20.6. The molecule has 0 saturated carbocycles. The maximum absolute atomic E-state index is 12.9. The lowest BCUT2D eigenvalue weighted by Gasteiger charge is -2.27. The standard InChI is InChI=1S/C41H52N6O7S2/c1-40(2,3)53-38(50)43-19-11-12-22-47(39(51)54-41(4,5)6)23-13-20-42-35(48)32-25-56-36(46-32)33-26-55-34(45-33)18-21-44-37(49)52-24-31-29-16-9-7-14-27(29)28-15-8-10-17-30(28)31/h7-10,14-17,25-26,31H,11-13,18-24H2,1-6H3,(H,42,48)(H,43,50)(H,44,49). The monoisotopic (exact) mass is 804 g/mol. The van der Waals surface area contributed by atoms with Gasteiger partial charge in [0.1, 0.15) is 34.2 Å². The van der Waals surface area contributed by atoms with Gasteiger partial charge in [-0.25, -0.2) is 24.4 Å². The Balaban J connectivity index is 1.01. The fourth-order valence-electron chi connectivity index (χ4n) is 6.06. The fraction of sp³-hybridized carbons (Fsp3) is 0.463. The number of carbonyl (C=O) groups is 4. The van der Waals surface area contributed by atoms with Crippen LogP contribution in [0.4, 0.5) is 14.4 Å². The summed E-state index contributed by atoms with van der Waals surface area (Å²) in [4.78, 5) is 61.1. The van der Waals surface area contributed by atoms with Crippen molar-refractivity contribution in [3.05, 3.63) is 81.1 Å². The number of fused-ring (bicyclic) bond motifs is 3. The van der Waals surface area contributed by atoms with E-state index < -0.39 is 29.5 Å². The predicted octanol–water partition coefficient (Wildman–Crippen LogP) is 8.01. The van der Waals surface area contributed by atoms with Gasteiger partial charge in [-0.3, -0.25) is 4.79 Å². The minimum atomic E-state index is -0.648. The van der Waals surface area contributed by atoms with E-state index in [1.54, 1.807) is 31.1 Å². The molecule has 5 rings (SSSR count). The number of aromatic nitrogens is 2. The van der Waals surface area contributed by atoms with Crippen LogP contribution in [0.1, 0.15) is 93.3 Å². The second kappa shape index (κ2) is 19.2. The van der Waals surface area contributed by atoms with Crippen molar-refractivity contribution in [2.24, 2.45) is 0 Å². The largest absolute Gasteiger partial charge is 0.449 e. The number of hydrogen-bond acceptors (Lipinski definition) is 11. The lowest BCUT2D eigenvalue weighted by molar-refractivity contribution is 0.0243. The Labute approximate surface area is 336 Å². The molecule has 0 saturated heterocycles. The van der Waals surface area contributed by atoms with Crippen LogP contribution in [0.3, 0.4) is 0 Å². The van der Waals surface area contributed by atoms with Crippen LogP contribution in [-0.4, -0.2) is 89.6 Å². The Bertz CT molecular complexity index is 1920. The molecule has 0 fully saturated rings. The number of nitrogens with zero attached hydrogens (tertiary/aromatic N) is 3.